The van der Waals surface area contributed by atoms with Crippen LogP contribution in [0.3, 0.4) is 0 Å². The number of hydrogen-bond acceptors (Lipinski definition) is 5. The second kappa shape index (κ2) is 10.2. The Morgan fingerprint density at radius 1 is 1.03 bits per heavy atom. The van der Waals surface area contributed by atoms with Crippen LogP contribution in [-0.4, -0.2) is 60.0 Å². The number of hydrogen-bond donors (Lipinski definition) is 3. The van der Waals surface area contributed by atoms with Crippen molar-refractivity contribution in [1.29, 1.82) is 0 Å². The molecule has 2 aromatic carbocycles. The fraction of sp³-hybridized carbons (Fsp3) is 0.333. The summed E-state index contributed by atoms with van der Waals surface area (Å²) in [5, 5.41) is 18.0. The predicted octanol–water partition coefficient (Wildman–Crippen LogP) is 3.33. The van der Waals surface area contributed by atoms with Gasteiger partial charge in [0.2, 0.25) is 5.91 Å². The Kier molecular flexibility index (Phi) is 7.23. The number of thiazole rings is 1. The van der Waals surface area contributed by atoms with E-state index in [4.69, 9.17) is 0 Å². The van der Waals surface area contributed by atoms with Crippen LogP contribution in [0.4, 0.5) is 5.69 Å². The number of rotatable bonds is 9. The molecular weight excluding hydrogens is 476 g/mol. The summed E-state index contributed by atoms with van der Waals surface area (Å²) in [6.45, 7) is 0.614. The molecule has 1 aliphatic rings. The average Bonchev–Trinajstić information content (AvgIpc) is 3.41. The smallest absolute Gasteiger partial charge is 0.304 e. The lowest BCUT2D eigenvalue weighted by atomic mass is 9.80. The molecule has 0 aliphatic heterocycles. The fourth-order valence-electron chi connectivity index (χ4n) is 4.57. The van der Waals surface area contributed by atoms with Crippen LogP contribution in [0.1, 0.15) is 22.6 Å². The van der Waals surface area contributed by atoms with Crippen molar-refractivity contribution in [3.63, 3.8) is 0 Å². The van der Waals surface area contributed by atoms with Crippen LogP contribution in [-0.2, 0) is 33.8 Å². The first-order valence-corrected chi connectivity index (χ1v) is 12.6. The third kappa shape index (κ3) is 6.16. The number of benzene rings is 2. The Morgan fingerprint density at radius 3 is 2.25 bits per heavy atom. The molecule has 0 saturated heterocycles. The molecule has 1 aromatic heterocycles. The van der Waals surface area contributed by atoms with Gasteiger partial charge in [0, 0.05) is 16.6 Å². The average molecular weight is 508 g/mol. The molecule has 4 rings (SSSR count). The van der Waals surface area contributed by atoms with Crippen LogP contribution >= 0.6 is 11.3 Å². The van der Waals surface area contributed by atoms with Gasteiger partial charge in [-0.15, -0.1) is 11.3 Å². The molecule has 8 nitrogen and oxygen atoms in total. The van der Waals surface area contributed by atoms with E-state index in [1.165, 1.54) is 11.3 Å². The van der Waals surface area contributed by atoms with Crippen LogP contribution in [0.2, 0.25) is 0 Å². The molecule has 3 aromatic rings. The van der Waals surface area contributed by atoms with Gasteiger partial charge in [0.25, 0.3) is 5.91 Å². The Hall–Kier alpha value is -3.56. The highest BCUT2D eigenvalue weighted by molar-refractivity contribution is 7.09. The van der Waals surface area contributed by atoms with Crippen molar-refractivity contribution < 1.29 is 24.0 Å². The van der Waals surface area contributed by atoms with Crippen molar-refractivity contribution in [2.24, 2.45) is 5.41 Å². The number of nitrogens with zero attached hydrogens (tertiary/aromatic N) is 2. The first-order valence-electron chi connectivity index (χ1n) is 11.8. The molecule has 3 N–H and O–H groups in total. The molecule has 0 spiro atoms. The standard InChI is InChI=1S/C27H30N4O4S/c1-31(2,3)16-23(32)29-21-10-8-18(9-11-21)22-17-36-24(30-22)15-28-26(35)27(14-25(33)34)12-19-6-4-5-7-20(19)13-27/h4-11,17H,12-16H2,1-3H3,(H2-,28,29,32,33,34,35)/p+1. The van der Waals surface area contributed by atoms with Gasteiger partial charge in [0.1, 0.15) is 5.01 Å². The Labute approximate surface area is 214 Å². The summed E-state index contributed by atoms with van der Waals surface area (Å²) in [6, 6.07) is 15.2. The largest absolute Gasteiger partial charge is 0.481 e. The molecule has 188 valence electrons. The molecule has 0 radical (unpaired) electrons. The quantitative estimate of drug-likeness (QED) is 0.385. The zero-order chi connectivity index (χ0) is 25.9. The first-order chi connectivity index (χ1) is 17.0. The van der Waals surface area contributed by atoms with Gasteiger partial charge in [0.05, 0.1) is 45.2 Å². The summed E-state index contributed by atoms with van der Waals surface area (Å²) < 4.78 is 0.548. The van der Waals surface area contributed by atoms with E-state index in [1.54, 1.807) is 0 Å². The van der Waals surface area contributed by atoms with Gasteiger partial charge in [-0.1, -0.05) is 36.4 Å². The number of aromatic nitrogens is 1. The maximum Gasteiger partial charge on any atom is 0.304 e. The van der Waals surface area contributed by atoms with Gasteiger partial charge in [-0.25, -0.2) is 4.98 Å². The number of amides is 2. The summed E-state index contributed by atoms with van der Waals surface area (Å²) in [7, 11) is 5.89. The zero-order valence-corrected chi connectivity index (χ0v) is 21.5. The van der Waals surface area contributed by atoms with Crippen LogP contribution in [0.5, 0.6) is 0 Å². The lowest BCUT2D eigenvalue weighted by Crippen LogP contribution is -2.43. The van der Waals surface area contributed by atoms with Crippen molar-refractivity contribution in [1.82, 2.24) is 10.3 Å². The van der Waals surface area contributed by atoms with E-state index < -0.39 is 11.4 Å². The van der Waals surface area contributed by atoms with Gasteiger partial charge in [-0.05, 0) is 36.1 Å². The predicted molar refractivity (Wildman–Crippen MR) is 139 cm³/mol. The van der Waals surface area contributed by atoms with Crippen LogP contribution < -0.4 is 10.6 Å². The molecule has 2 amide bonds. The van der Waals surface area contributed by atoms with E-state index in [2.05, 4.69) is 15.6 Å². The highest BCUT2D eigenvalue weighted by Gasteiger charge is 2.45. The number of carbonyl (C=O) groups is 3. The molecule has 36 heavy (non-hydrogen) atoms. The molecule has 9 heteroatoms. The monoisotopic (exact) mass is 507 g/mol. The topological polar surface area (TPSA) is 108 Å². The van der Waals surface area contributed by atoms with Crippen molar-refractivity contribution >= 4 is 34.8 Å². The minimum Gasteiger partial charge on any atom is -0.481 e. The Morgan fingerprint density at radius 2 is 1.67 bits per heavy atom. The molecule has 0 bridgehead atoms. The number of carbonyl (C=O) groups excluding carboxylic acids is 2. The number of nitrogens with one attached hydrogen (secondary N) is 2. The zero-order valence-electron chi connectivity index (χ0n) is 20.7. The van der Waals surface area contributed by atoms with Crippen molar-refractivity contribution in [2.75, 3.05) is 33.0 Å². The van der Waals surface area contributed by atoms with E-state index in [1.807, 2.05) is 75.1 Å². The van der Waals surface area contributed by atoms with Crippen LogP contribution in [0.25, 0.3) is 11.3 Å². The Balaban J connectivity index is 1.38. The fourth-order valence-corrected chi connectivity index (χ4v) is 5.32. The number of aliphatic carboxylic acids is 1. The number of carboxylic acids is 1. The maximum atomic E-state index is 13.2. The number of anilines is 1. The van der Waals surface area contributed by atoms with Crippen LogP contribution in [0.15, 0.2) is 53.9 Å². The molecule has 1 aliphatic carbocycles. The highest BCUT2D eigenvalue weighted by atomic mass is 32.1. The van der Waals surface area contributed by atoms with Gasteiger partial charge < -0.3 is 20.2 Å². The third-order valence-corrected chi connectivity index (χ3v) is 7.03. The van der Waals surface area contributed by atoms with E-state index in [0.717, 1.165) is 33.1 Å². The number of likely N-dealkylation sites (N-methyl/N-ethyl adjacent to an activating group) is 1. The normalized spacial score (nSPS) is 14.2. The molecule has 0 unspecified atom stereocenters. The van der Waals surface area contributed by atoms with Gasteiger partial charge in [-0.2, -0.15) is 0 Å². The van der Waals surface area contributed by atoms with Crippen molar-refractivity contribution in [3.05, 3.63) is 70.0 Å². The van der Waals surface area contributed by atoms with Gasteiger partial charge >= 0.3 is 5.97 Å². The summed E-state index contributed by atoms with van der Waals surface area (Å²) >= 11 is 1.44. The highest BCUT2D eigenvalue weighted by Crippen LogP contribution is 2.40. The Bertz CT molecular complexity index is 1250. The maximum absolute atomic E-state index is 13.2. The summed E-state index contributed by atoms with van der Waals surface area (Å²) in [5.74, 6) is -1.29. The minimum absolute atomic E-state index is 0.0482. The number of fused-ring (bicyclic) bond motifs is 1. The van der Waals surface area contributed by atoms with Gasteiger partial charge in [-0.3, -0.25) is 14.4 Å². The van der Waals surface area contributed by atoms with Crippen molar-refractivity contribution in [3.8, 4) is 11.3 Å². The molecule has 0 atom stereocenters. The van der Waals surface area contributed by atoms with E-state index in [-0.39, 0.29) is 24.8 Å². The van der Waals surface area contributed by atoms with Gasteiger partial charge in [0.15, 0.2) is 6.54 Å². The molecular formula is C27H31N4O4S+. The third-order valence-electron chi connectivity index (χ3n) is 6.18. The second-order valence-electron chi connectivity index (χ2n) is 10.4. The number of quaternary nitrogens is 1. The van der Waals surface area contributed by atoms with E-state index >= 15 is 0 Å². The SMILES string of the molecule is C[N+](C)(C)CC(=O)Nc1ccc(-c2csc(CNC(=O)C3(CC(=O)O)Cc4ccccc4C3)n2)cc1. The second-order valence-corrected chi connectivity index (χ2v) is 11.3. The molecule has 0 saturated carbocycles. The summed E-state index contributed by atoms with van der Waals surface area (Å²) in [5.41, 5.74) is 3.48. The van der Waals surface area contributed by atoms with E-state index in [9.17, 15) is 19.5 Å². The molecule has 1 heterocycles. The summed E-state index contributed by atoms with van der Waals surface area (Å²) in [6.07, 6.45) is 0.623. The van der Waals surface area contributed by atoms with Crippen molar-refractivity contribution in [2.45, 2.75) is 25.8 Å². The molecule has 0 fully saturated rings. The number of carboxylic acid groups (broad SMARTS) is 1. The van der Waals surface area contributed by atoms with Crippen LogP contribution in [0, 0.1) is 5.41 Å². The minimum atomic E-state index is -0.984. The lowest BCUT2D eigenvalue weighted by Gasteiger charge is -2.25. The summed E-state index contributed by atoms with van der Waals surface area (Å²) in [4.78, 5) is 41.6. The van der Waals surface area contributed by atoms with E-state index in [0.29, 0.717) is 23.9 Å². The lowest BCUT2D eigenvalue weighted by molar-refractivity contribution is -0.861. The first kappa shape index (κ1) is 25.5.